The number of aromatic nitrogens is 4. The summed E-state index contributed by atoms with van der Waals surface area (Å²) in [4.78, 5) is 14.5. The molecular formula is C50H47N6OPt-3. The third-order valence-electron chi connectivity index (χ3n) is 11.6. The molecule has 0 saturated heterocycles. The van der Waals surface area contributed by atoms with E-state index in [0.717, 1.165) is 63.5 Å². The maximum Gasteiger partial charge on any atom is 0.135 e. The second-order valence-corrected chi connectivity index (χ2v) is 17.7. The second kappa shape index (κ2) is 14.2. The Kier molecular flexibility index (Phi) is 9.31. The third-order valence-corrected chi connectivity index (χ3v) is 11.6. The molecule has 8 heteroatoms. The number of benzene rings is 5. The maximum absolute atomic E-state index is 6.65. The monoisotopic (exact) mass is 942 g/mol. The van der Waals surface area contributed by atoms with E-state index in [1.54, 1.807) is 0 Å². The smallest absolute Gasteiger partial charge is 0.135 e. The summed E-state index contributed by atoms with van der Waals surface area (Å²) in [7, 11) is 0. The molecule has 0 spiro atoms. The number of anilines is 4. The van der Waals surface area contributed by atoms with E-state index in [1.165, 1.54) is 46.3 Å². The summed E-state index contributed by atoms with van der Waals surface area (Å²) in [6.07, 6.45) is 5.30. The predicted octanol–water partition coefficient (Wildman–Crippen LogP) is 12.6. The van der Waals surface area contributed by atoms with Crippen LogP contribution in [0.3, 0.4) is 0 Å². The summed E-state index contributed by atoms with van der Waals surface area (Å²) in [5, 5.41) is 2.28. The Morgan fingerprint density at radius 3 is 2.26 bits per heavy atom. The van der Waals surface area contributed by atoms with Gasteiger partial charge in [-0.05, 0) is 89.6 Å². The third kappa shape index (κ3) is 6.58. The van der Waals surface area contributed by atoms with E-state index in [-0.39, 0.29) is 31.9 Å². The summed E-state index contributed by atoms with van der Waals surface area (Å²) in [6.45, 7) is 18.8. The number of aryl methyl sites for hydroxylation is 3. The molecule has 5 heterocycles. The number of ether oxygens (including phenoxy) is 1. The fourth-order valence-corrected chi connectivity index (χ4v) is 8.37. The maximum atomic E-state index is 6.65. The van der Waals surface area contributed by atoms with Crippen molar-refractivity contribution >= 4 is 55.6 Å². The van der Waals surface area contributed by atoms with Crippen LogP contribution in [0.1, 0.15) is 76.9 Å². The van der Waals surface area contributed by atoms with Gasteiger partial charge in [-0.3, -0.25) is 0 Å². The Morgan fingerprint density at radius 1 is 0.707 bits per heavy atom. The molecule has 0 N–H and O–H groups in total. The summed E-state index contributed by atoms with van der Waals surface area (Å²) in [5.41, 5.74) is 12.1. The first-order valence-electron chi connectivity index (χ1n) is 20.1. The molecule has 2 aliphatic rings. The largest absolute Gasteiger partial charge is 0.509 e. The van der Waals surface area contributed by atoms with E-state index in [9.17, 15) is 0 Å². The van der Waals surface area contributed by atoms with Gasteiger partial charge in [0.1, 0.15) is 11.6 Å². The molecule has 5 aromatic carbocycles. The number of hydrogen-bond acceptors (Lipinski definition) is 5. The molecule has 2 aliphatic heterocycles. The molecule has 0 atom stereocenters. The van der Waals surface area contributed by atoms with Crippen LogP contribution in [-0.2, 0) is 44.9 Å². The number of nitrogens with zero attached hydrogens (tertiary/aromatic N) is 6. The number of imidazole rings is 1. The van der Waals surface area contributed by atoms with Crippen LogP contribution < -0.4 is 14.5 Å². The van der Waals surface area contributed by atoms with Gasteiger partial charge in [-0.1, -0.05) is 76.9 Å². The van der Waals surface area contributed by atoms with Gasteiger partial charge >= 0.3 is 0 Å². The van der Waals surface area contributed by atoms with Crippen LogP contribution in [0.5, 0.6) is 11.5 Å². The van der Waals surface area contributed by atoms with Crippen LogP contribution >= 0.6 is 0 Å². The molecule has 8 aromatic rings. The van der Waals surface area contributed by atoms with Crippen LogP contribution in [0.4, 0.5) is 22.7 Å². The van der Waals surface area contributed by atoms with E-state index in [0.29, 0.717) is 11.5 Å². The minimum absolute atomic E-state index is 0. The first kappa shape index (κ1) is 38.1. The van der Waals surface area contributed by atoms with Gasteiger partial charge in [0.2, 0.25) is 0 Å². The van der Waals surface area contributed by atoms with Gasteiger partial charge in [-0.15, -0.1) is 48.1 Å². The van der Waals surface area contributed by atoms with Crippen LogP contribution in [0.25, 0.3) is 38.7 Å². The standard InChI is InChI=1S/C50H47N6O.Pt/c1-32-14-17-35(18-15-32)54-31-55(45-29-41-44(30-46(45)54)53-24-9-8-13-47(53)52-41)36-11-10-12-37(27-36)57-38-19-20-39-40-25-33(49(2,3)4)16-21-42(40)56(43(39)28-38)48-26-34(22-23-51-48)50(5,6)7;/h10-12,14-23,25-26,29-31H,8-9,13,24H2,1-7H3;/q-3;. The van der Waals surface area contributed by atoms with E-state index in [1.807, 2.05) is 24.4 Å². The number of hydrogen-bond donors (Lipinski definition) is 0. The summed E-state index contributed by atoms with van der Waals surface area (Å²) in [5.74, 6) is 3.26. The molecule has 0 aliphatic carbocycles. The van der Waals surface area contributed by atoms with Gasteiger partial charge in [0, 0.05) is 74.3 Å². The van der Waals surface area contributed by atoms with E-state index < -0.39 is 0 Å². The Hall–Kier alpha value is -5.39. The molecule has 10 rings (SSSR count). The summed E-state index contributed by atoms with van der Waals surface area (Å²) < 4.78 is 11.3. The minimum atomic E-state index is -0.0246. The molecule has 0 fully saturated rings. The molecule has 296 valence electrons. The van der Waals surface area contributed by atoms with Crippen LogP contribution in [0.15, 0.2) is 103 Å². The fraction of sp³-hybridized carbons (Fsp3) is 0.260. The van der Waals surface area contributed by atoms with Crippen LogP contribution in [0, 0.1) is 25.7 Å². The zero-order chi connectivity index (χ0) is 39.2. The molecule has 58 heavy (non-hydrogen) atoms. The second-order valence-electron chi connectivity index (χ2n) is 17.7. The molecule has 0 radical (unpaired) electrons. The number of pyridine rings is 1. The van der Waals surface area contributed by atoms with Crippen molar-refractivity contribution in [2.45, 2.75) is 85.1 Å². The van der Waals surface area contributed by atoms with Crippen molar-refractivity contribution in [1.29, 1.82) is 0 Å². The first-order chi connectivity index (χ1) is 27.4. The Balaban J connectivity index is 0.00000436. The van der Waals surface area contributed by atoms with E-state index in [4.69, 9.17) is 14.7 Å². The quantitative estimate of drug-likeness (QED) is 0.161. The normalized spacial score (nSPS) is 14.3. The minimum Gasteiger partial charge on any atom is -0.509 e. The van der Waals surface area contributed by atoms with Crippen molar-refractivity contribution in [2.24, 2.45) is 0 Å². The predicted molar refractivity (Wildman–Crippen MR) is 233 cm³/mol. The van der Waals surface area contributed by atoms with Crippen LogP contribution in [-0.4, -0.2) is 19.1 Å². The molecular weight excluding hydrogens is 896 g/mol. The van der Waals surface area contributed by atoms with Gasteiger partial charge in [0.15, 0.2) is 0 Å². The fourth-order valence-electron chi connectivity index (χ4n) is 8.37. The van der Waals surface area contributed by atoms with Crippen molar-refractivity contribution in [1.82, 2.24) is 19.1 Å². The summed E-state index contributed by atoms with van der Waals surface area (Å²) in [6, 6.07) is 41.9. The topological polar surface area (TPSA) is 51.4 Å². The average Bonchev–Trinajstić information content (AvgIpc) is 3.85. The average molecular weight is 943 g/mol. The van der Waals surface area contributed by atoms with Crippen molar-refractivity contribution in [3.8, 4) is 17.3 Å². The number of fused-ring (bicyclic) bond motifs is 7. The van der Waals surface area contributed by atoms with Gasteiger partial charge < -0.3 is 23.7 Å². The van der Waals surface area contributed by atoms with E-state index >= 15 is 0 Å². The zero-order valence-electron chi connectivity index (χ0n) is 34.1. The molecule has 3 aromatic heterocycles. The van der Waals surface area contributed by atoms with Crippen molar-refractivity contribution < 1.29 is 25.8 Å². The number of rotatable bonds is 5. The molecule has 7 nitrogen and oxygen atoms in total. The summed E-state index contributed by atoms with van der Waals surface area (Å²) >= 11 is 0. The molecule has 0 amide bonds. The zero-order valence-corrected chi connectivity index (χ0v) is 36.4. The van der Waals surface area contributed by atoms with E-state index in [2.05, 4.69) is 165 Å². The van der Waals surface area contributed by atoms with Crippen molar-refractivity contribution in [3.05, 3.63) is 145 Å². The molecule has 0 saturated carbocycles. The van der Waals surface area contributed by atoms with Gasteiger partial charge in [0.25, 0.3) is 0 Å². The Bertz CT molecular complexity index is 2860. The Morgan fingerprint density at radius 2 is 1.47 bits per heavy atom. The van der Waals surface area contributed by atoms with Crippen LogP contribution in [0.2, 0.25) is 0 Å². The van der Waals surface area contributed by atoms with Crippen molar-refractivity contribution in [2.75, 3.05) is 9.80 Å². The SMILES string of the molecule is Cc1ccc(N2[CH-]N(c3[c-]c(Oc4[c-]c5c(cc4)c4cc(C(C)(C)C)ccc4n5-c4cc(C(C)(C)C)ccn4)ccc3)c3cc4nc5n(c4cc32)CCCC5)cc1.[Pt]. The molecule has 0 bridgehead atoms. The van der Waals surface area contributed by atoms with Gasteiger partial charge in [-0.2, -0.15) is 12.1 Å². The Labute approximate surface area is 355 Å². The van der Waals surface area contributed by atoms with Crippen molar-refractivity contribution in [3.63, 3.8) is 0 Å². The van der Waals surface area contributed by atoms with Gasteiger partial charge in [-0.25, -0.2) is 9.97 Å². The molecule has 0 unspecified atom stereocenters. The van der Waals surface area contributed by atoms with Gasteiger partial charge in [0.05, 0.1) is 11.0 Å². The first-order valence-corrected chi connectivity index (χ1v) is 20.1.